The molecule has 0 radical (unpaired) electrons. The maximum Gasteiger partial charge on any atom is 0.325 e. The number of guanidine groups is 1. The lowest BCUT2D eigenvalue weighted by molar-refractivity contribution is -0.130. The molecule has 0 aliphatic carbocycles. The monoisotopic (exact) mass is 508 g/mol. The second-order valence-corrected chi connectivity index (χ2v) is 7.82. The van der Waals surface area contributed by atoms with Gasteiger partial charge in [-0.15, -0.1) is 35.3 Å². The maximum atomic E-state index is 12.3. The third kappa shape index (κ3) is 5.77. The number of carbonyl (C=O) groups is 2. The van der Waals surface area contributed by atoms with E-state index in [4.69, 9.17) is 0 Å². The lowest BCUT2D eigenvalue weighted by atomic mass is 9.99. The van der Waals surface area contributed by atoms with Crippen LogP contribution in [0.15, 0.2) is 4.99 Å². The number of amides is 3. The molecule has 152 valence electrons. The van der Waals surface area contributed by atoms with E-state index < -0.39 is 5.54 Å². The van der Waals surface area contributed by atoms with Crippen LogP contribution in [0.4, 0.5) is 4.79 Å². The normalized spacial score (nSPS) is 19.7. The molecule has 0 aromatic carbocycles. The summed E-state index contributed by atoms with van der Waals surface area (Å²) in [6, 6.07) is -0.309. The zero-order valence-corrected chi connectivity index (χ0v) is 19.7. The van der Waals surface area contributed by atoms with Crippen LogP contribution >= 0.6 is 35.3 Å². The van der Waals surface area contributed by atoms with Gasteiger partial charge in [0.1, 0.15) is 10.5 Å². The van der Waals surface area contributed by atoms with Gasteiger partial charge < -0.3 is 16.0 Å². The Morgan fingerprint density at radius 1 is 1.33 bits per heavy atom. The zero-order valence-electron chi connectivity index (χ0n) is 16.5. The number of aryl methyl sites for hydroxylation is 2. The molecule has 3 amide bonds. The van der Waals surface area contributed by atoms with Gasteiger partial charge in [-0.3, -0.25) is 14.7 Å². The fourth-order valence-corrected chi connectivity index (χ4v) is 3.50. The second kappa shape index (κ2) is 10.2. The largest absolute Gasteiger partial charge is 0.356 e. The number of hydrogen-bond donors (Lipinski definition) is 3. The van der Waals surface area contributed by atoms with Gasteiger partial charge in [0.15, 0.2) is 5.96 Å². The molecule has 1 fully saturated rings. The number of imide groups is 1. The number of carbonyl (C=O) groups excluding carboxylic acids is 2. The summed E-state index contributed by atoms with van der Waals surface area (Å²) in [6.45, 7) is 9.32. The van der Waals surface area contributed by atoms with Crippen LogP contribution in [-0.4, -0.2) is 53.5 Å². The van der Waals surface area contributed by atoms with Crippen LogP contribution in [0.3, 0.4) is 0 Å². The molecule has 10 heteroatoms. The first-order valence-electron chi connectivity index (χ1n) is 8.82. The number of urea groups is 1. The summed E-state index contributed by atoms with van der Waals surface area (Å²) in [4.78, 5) is 35.5. The number of nitrogens with one attached hydrogen (secondary N) is 3. The third-order valence-electron chi connectivity index (χ3n) is 4.61. The minimum absolute atomic E-state index is 0. The van der Waals surface area contributed by atoms with Crippen molar-refractivity contribution in [3.05, 3.63) is 15.6 Å². The number of rotatable bonds is 7. The molecule has 1 atom stereocenters. The van der Waals surface area contributed by atoms with Gasteiger partial charge >= 0.3 is 6.03 Å². The van der Waals surface area contributed by atoms with Crippen LogP contribution in [-0.2, 0) is 11.3 Å². The number of aliphatic imine (C=N–C) groups is 1. The summed E-state index contributed by atoms with van der Waals surface area (Å²) in [5.41, 5.74) is 0.286. The lowest BCUT2D eigenvalue weighted by Gasteiger charge is -2.19. The smallest absolute Gasteiger partial charge is 0.325 e. The SMILES string of the molecule is CCC1(C)NC(=O)N(CCCNC(=NC)NCc2nc(C)c(C)s2)C1=O.I. The Bertz CT molecular complexity index is 688. The molecule has 0 spiro atoms. The van der Waals surface area contributed by atoms with Crippen molar-refractivity contribution in [2.24, 2.45) is 4.99 Å². The molecular weight excluding hydrogens is 479 g/mol. The van der Waals surface area contributed by atoms with E-state index in [1.165, 1.54) is 9.78 Å². The first kappa shape index (κ1) is 23.6. The first-order chi connectivity index (χ1) is 12.3. The van der Waals surface area contributed by atoms with Gasteiger partial charge in [0, 0.05) is 25.0 Å². The van der Waals surface area contributed by atoms with Gasteiger partial charge in [0.05, 0.1) is 12.2 Å². The molecule has 0 saturated carbocycles. The van der Waals surface area contributed by atoms with Gasteiger partial charge in [0.2, 0.25) is 0 Å². The van der Waals surface area contributed by atoms with E-state index >= 15 is 0 Å². The number of hydrogen-bond acceptors (Lipinski definition) is 5. The summed E-state index contributed by atoms with van der Waals surface area (Å²) >= 11 is 1.67. The predicted molar refractivity (Wildman–Crippen MR) is 119 cm³/mol. The molecule has 1 unspecified atom stereocenters. The number of halogens is 1. The lowest BCUT2D eigenvalue weighted by Crippen LogP contribution is -2.43. The second-order valence-electron chi connectivity index (χ2n) is 6.53. The molecular formula is C17H29IN6O2S. The summed E-state index contributed by atoms with van der Waals surface area (Å²) in [6.07, 6.45) is 1.23. The minimum atomic E-state index is -0.772. The minimum Gasteiger partial charge on any atom is -0.356 e. The third-order valence-corrected chi connectivity index (χ3v) is 5.68. The van der Waals surface area contributed by atoms with Crippen molar-refractivity contribution in [1.82, 2.24) is 25.8 Å². The molecule has 1 aliphatic rings. The average molecular weight is 508 g/mol. The molecule has 8 nitrogen and oxygen atoms in total. The molecule has 27 heavy (non-hydrogen) atoms. The van der Waals surface area contributed by atoms with Crippen LogP contribution in [0.25, 0.3) is 0 Å². The molecule has 3 N–H and O–H groups in total. The molecule has 1 aromatic heterocycles. The first-order valence-corrected chi connectivity index (χ1v) is 9.64. The Hall–Kier alpha value is -1.43. The van der Waals surface area contributed by atoms with E-state index in [1.54, 1.807) is 25.3 Å². The van der Waals surface area contributed by atoms with Crippen molar-refractivity contribution in [3.63, 3.8) is 0 Å². The summed E-state index contributed by atoms with van der Waals surface area (Å²) in [5, 5.41) is 10.2. The van der Waals surface area contributed by atoms with Crippen molar-refractivity contribution in [3.8, 4) is 0 Å². The molecule has 1 saturated heterocycles. The molecule has 1 aliphatic heterocycles. The Balaban J connectivity index is 0.00000364. The standard InChI is InChI=1S/C17H28N6O2S.HI/c1-6-17(4)14(24)23(16(25)22-17)9-7-8-19-15(18-5)20-10-13-21-11(2)12(3)26-13;/h6-10H2,1-5H3,(H,22,25)(H2,18,19,20);1H. The topological polar surface area (TPSA) is 98.7 Å². The van der Waals surface area contributed by atoms with E-state index in [1.807, 2.05) is 13.8 Å². The van der Waals surface area contributed by atoms with Crippen LogP contribution in [0.5, 0.6) is 0 Å². The Labute approximate surface area is 181 Å². The highest BCUT2D eigenvalue weighted by atomic mass is 127. The van der Waals surface area contributed by atoms with Crippen LogP contribution in [0.2, 0.25) is 0 Å². The maximum absolute atomic E-state index is 12.3. The fraction of sp³-hybridized carbons (Fsp3) is 0.647. The van der Waals surface area contributed by atoms with Gasteiger partial charge in [-0.2, -0.15) is 0 Å². The molecule has 2 heterocycles. The highest BCUT2D eigenvalue weighted by molar-refractivity contribution is 14.0. The summed E-state index contributed by atoms with van der Waals surface area (Å²) < 4.78 is 0. The quantitative estimate of drug-likeness (QED) is 0.172. The van der Waals surface area contributed by atoms with Crippen LogP contribution in [0, 0.1) is 13.8 Å². The average Bonchev–Trinajstić information content (AvgIpc) is 3.04. The van der Waals surface area contributed by atoms with E-state index in [0.717, 1.165) is 10.7 Å². The highest BCUT2D eigenvalue weighted by Crippen LogP contribution is 2.20. The van der Waals surface area contributed by atoms with E-state index in [-0.39, 0.29) is 35.9 Å². The fourth-order valence-electron chi connectivity index (χ4n) is 2.63. The summed E-state index contributed by atoms with van der Waals surface area (Å²) in [7, 11) is 1.71. The van der Waals surface area contributed by atoms with E-state index in [0.29, 0.717) is 38.4 Å². The van der Waals surface area contributed by atoms with E-state index in [2.05, 4.69) is 32.9 Å². The van der Waals surface area contributed by atoms with Crippen molar-refractivity contribution in [2.75, 3.05) is 20.1 Å². The number of thiazole rings is 1. The number of nitrogens with zero attached hydrogens (tertiary/aromatic N) is 3. The van der Waals surface area contributed by atoms with Gasteiger partial charge in [0.25, 0.3) is 5.91 Å². The van der Waals surface area contributed by atoms with Crippen LogP contribution < -0.4 is 16.0 Å². The van der Waals surface area contributed by atoms with Gasteiger partial charge in [-0.05, 0) is 33.6 Å². The molecule has 1 aromatic rings. The van der Waals surface area contributed by atoms with Gasteiger partial charge in [-0.25, -0.2) is 9.78 Å². The van der Waals surface area contributed by atoms with Crippen molar-refractivity contribution >= 4 is 53.2 Å². The van der Waals surface area contributed by atoms with Crippen molar-refractivity contribution < 1.29 is 9.59 Å². The molecule has 2 rings (SSSR count). The Morgan fingerprint density at radius 2 is 2.04 bits per heavy atom. The van der Waals surface area contributed by atoms with Crippen molar-refractivity contribution in [1.29, 1.82) is 0 Å². The predicted octanol–water partition coefficient (Wildman–Crippen LogP) is 2.15. The van der Waals surface area contributed by atoms with Crippen molar-refractivity contribution in [2.45, 2.75) is 52.6 Å². The summed E-state index contributed by atoms with van der Waals surface area (Å²) in [5.74, 6) is 0.521. The van der Waals surface area contributed by atoms with E-state index in [9.17, 15) is 9.59 Å². The molecule has 0 bridgehead atoms. The Morgan fingerprint density at radius 3 is 2.56 bits per heavy atom. The Kier molecular flexibility index (Phi) is 8.92. The van der Waals surface area contributed by atoms with Crippen LogP contribution in [0.1, 0.15) is 42.3 Å². The van der Waals surface area contributed by atoms with Gasteiger partial charge in [-0.1, -0.05) is 6.92 Å². The number of aromatic nitrogens is 1. The zero-order chi connectivity index (χ0) is 19.3. The highest BCUT2D eigenvalue weighted by Gasteiger charge is 2.45.